The molecular formula is C22H19NO5. The van der Waals surface area contributed by atoms with Crippen LogP contribution in [-0.2, 0) is 9.53 Å². The molecule has 0 atom stereocenters. The highest BCUT2D eigenvalue weighted by Crippen LogP contribution is 2.29. The first-order chi connectivity index (χ1) is 13.7. The van der Waals surface area contributed by atoms with Gasteiger partial charge in [0.15, 0.2) is 12.4 Å². The summed E-state index contributed by atoms with van der Waals surface area (Å²) in [4.78, 5) is 23.7. The van der Waals surface area contributed by atoms with E-state index in [1.807, 2.05) is 36.4 Å². The minimum Gasteiger partial charge on any atom is -0.484 e. The summed E-state index contributed by atoms with van der Waals surface area (Å²) in [6, 6.07) is 22.8. The molecule has 3 aromatic rings. The number of hydrogen-bond acceptors (Lipinski definition) is 5. The molecule has 0 saturated heterocycles. The summed E-state index contributed by atoms with van der Waals surface area (Å²) >= 11 is 0. The van der Waals surface area contributed by atoms with Crippen molar-refractivity contribution in [1.82, 2.24) is 0 Å². The maximum Gasteiger partial charge on any atom is 0.337 e. The number of para-hydroxylation sites is 3. The Morgan fingerprint density at radius 2 is 1.50 bits per heavy atom. The van der Waals surface area contributed by atoms with Crippen molar-refractivity contribution in [1.29, 1.82) is 0 Å². The fourth-order valence-corrected chi connectivity index (χ4v) is 2.41. The molecule has 0 spiro atoms. The van der Waals surface area contributed by atoms with Crippen molar-refractivity contribution < 1.29 is 23.8 Å². The number of benzene rings is 3. The van der Waals surface area contributed by atoms with E-state index in [0.717, 1.165) is 0 Å². The predicted molar refractivity (Wildman–Crippen MR) is 105 cm³/mol. The first-order valence-corrected chi connectivity index (χ1v) is 8.58. The van der Waals surface area contributed by atoms with Gasteiger partial charge >= 0.3 is 5.97 Å². The van der Waals surface area contributed by atoms with Crippen LogP contribution in [0.25, 0.3) is 0 Å². The van der Waals surface area contributed by atoms with Gasteiger partial charge in [-0.1, -0.05) is 30.3 Å². The molecule has 0 aromatic heterocycles. The lowest BCUT2D eigenvalue weighted by molar-refractivity contribution is -0.118. The third-order valence-corrected chi connectivity index (χ3v) is 3.78. The lowest BCUT2D eigenvalue weighted by Crippen LogP contribution is -2.20. The molecule has 1 amide bonds. The van der Waals surface area contributed by atoms with Gasteiger partial charge in [0.2, 0.25) is 0 Å². The summed E-state index contributed by atoms with van der Waals surface area (Å²) in [5.41, 5.74) is 0.951. The maximum absolute atomic E-state index is 12.2. The Labute approximate surface area is 162 Å². The van der Waals surface area contributed by atoms with Gasteiger partial charge in [-0.05, 0) is 48.5 Å². The van der Waals surface area contributed by atoms with E-state index >= 15 is 0 Å². The number of nitrogens with one attached hydrogen (secondary N) is 1. The van der Waals surface area contributed by atoms with Crippen molar-refractivity contribution >= 4 is 17.6 Å². The summed E-state index contributed by atoms with van der Waals surface area (Å²) < 4.78 is 15.9. The van der Waals surface area contributed by atoms with E-state index < -0.39 is 5.97 Å². The molecule has 0 aliphatic heterocycles. The zero-order valence-electron chi connectivity index (χ0n) is 15.3. The molecule has 6 nitrogen and oxygen atoms in total. The van der Waals surface area contributed by atoms with Gasteiger partial charge in [0.25, 0.3) is 5.91 Å². The van der Waals surface area contributed by atoms with Crippen molar-refractivity contribution in [3.05, 3.63) is 84.4 Å². The number of carbonyl (C=O) groups is 2. The molecule has 0 radical (unpaired) electrons. The van der Waals surface area contributed by atoms with Crippen LogP contribution in [0.3, 0.4) is 0 Å². The molecule has 0 unspecified atom stereocenters. The highest BCUT2D eigenvalue weighted by molar-refractivity contribution is 5.93. The smallest absolute Gasteiger partial charge is 0.337 e. The van der Waals surface area contributed by atoms with Gasteiger partial charge in [-0.2, -0.15) is 0 Å². The summed E-state index contributed by atoms with van der Waals surface area (Å²) in [5.74, 6) is 0.910. The van der Waals surface area contributed by atoms with Crippen LogP contribution in [-0.4, -0.2) is 25.6 Å². The van der Waals surface area contributed by atoms with Crippen LogP contribution in [0.15, 0.2) is 78.9 Å². The van der Waals surface area contributed by atoms with Crippen LogP contribution < -0.4 is 14.8 Å². The Bertz CT molecular complexity index is 939. The van der Waals surface area contributed by atoms with Crippen LogP contribution in [0.2, 0.25) is 0 Å². The quantitative estimate of drug-likeness (QED) is 0.622. The second-order valence-corrected chi connectivity index (χ2v) is 5.76. The molecule has 0 aliphatic carbocycles. The lowest BCUT2D eigenvalue weighted by atomic mass is 10.2. The summed E-state index contributed by atoms with van der Waals surface area (Å²) in [5, 5.41) is 2.78. The second kappa shape index (κ2) is 9.23. The van der Waals surface area contributed by atoms with Crippen LogP contribution in [0.5, 0.6) is 17.2 Å². The largest absolute Gasteiger partial charge is 0.484 e. The van der Waals surface area contributed by atoms with Crippen molar-refractivity contribution in [2.75, 3.05) is 19.0 Å². The predicted octanol–water partition coefficient (Wildman–Crippen LogP) is 4.28. The van der Waals surface area contributed by atoms with Crippen LogP contribution in [0, 0.1) is 0 Å². The Morgan fingerprint density at radius 1 is 0.821 bits per heavy atom. The first kappa shape index (κ1) is 19.0. The highest BCUT2D eigenvalue weighted by atomic mass is 16.5. The molecule has 28 heavy (non-hydrogen) atoms. The molecule has 0 saturated carbocycles. The number of anilines is 1. The highest BCUT2D eigenvalue weighted by Gasteiger charge is 2.10. The van der Waals surface area contributed by atoms with Crippen molar-refractivity contribution in [2.45, 2.75) is 0 Å². The number of amides is 1. The summed E-state index contributed by atoms with van der Waals surface area (Å²) in [6.45, 7) is -0.183. The van der Waals surface area contributed by atoms with Crippen LogP contribution >= 0.6 is 0 Å². The topological polar surface area (TPSA) is 73.9 Å². The molecule has 0 fully saturated rings. The Morgan fingerprint density at radius 3 is 2.21 bits per heavy atom. The van der Waals surface area contributed by atoms with E-state index in [9.17, 15) is 9.59 Å². The SMILES string of the molecule is COC(=O)c1ccc(OCC(=O)Nc2ccccc2Oc2ccccc2)cc1. The van der Waals surface area contributed by atoms with E-state index in [4.69, 9.17) is 9.47 Å². The molecule has 1 N–H and O–H groups in total. The Hall–Kier alpha value is -3.80. The fraction of sp³-hybridized carbons (Fsp3) is 0.0909. The minimum atomic E-state index is -0.431. The molecule has 6 heteroatoms. The van der Waals surface area contributed by atoms with Gasteiger partial charge in [-0.25, -0.2) is 4.79 Å². The zero-order valence-corrected chi connectivity index (χ0v) is 15.3. The van der Waals surface area contributed by atoms with E-state index in [-0.39, 0.29) is 12.5 Å². The molecule has 3 aromatic carbocycles. The monoisotopic (exact) mass is 377 g/mol. The van der Waals surface area contributed by atoms with Gasteiger partial charge in [-0.15, -0.1) is 0 Å². The van der Waals surface area contributed by atoms with Gasteiger partial charge in [-0.3, -0.25) is 4.79 Å². The maximum atomic E-state index is 12.2. The second-order valence-electron chi connectivity index (χ2n) is 5.76. The number of rotatable bonds is 7. The number of methoxy groups -OCH3 is 1. The average molecular weight is 377 g/mol. The normalized spacial score (nSPS) is 10.0. The van der Waals surface area contributed by atoms with E-state index in [2.05, 4.69) is 10.1 Å². The lowest BCUT2D eigenvalue weighted by Gasteiger charge is -2.12. The Balaban J connectivity index is 1.58. The third-order valence-electron chi connectivity index (χ3n) is 3.78. The molecule has 0 heterocycles. The van der Waals surface area contributed by atoms with Gasteiger partial charge in [0.05, 0.1) is 18.4 Å². The number of ether oxygens (including phenoxy) is 3. The average Bonchev–Trinajstić information content (AvgIpc) is 2.74. The number of esters is 1. The molecule has 0 aliphatic rings. The van der Waals surface area contributed by atoms with Gasteiger partial charge in [0, 0.05) is 0 Å². The number of hydrogen-bond donors (Lipinski definition) is 1. The minimum absolute atomic E-state index is 0.183. The van der Waals surface area contributed by atoms with Crippen molar-refractivity contribution in [2.24, 2.45) is 0 Å². The molecule has 3 rings (SSSR count). The van der Waals surface area contributed by atoms with Gasteiger partial charge < -0.3 is 19.5 Å². The van der Waals surface area contributed by atoms with E-state index in [1.54, 1.807) is 42.5 Å². The molecular weight excluding hydrogens is 358 g/mol. The molecule has 0 bridgehead atoms. The number of carbonyl (C=O) groups excluding carboxylic acids is 2. The zero-order chi connectivity index (χ0) is 19.8. The summed E-state index contributed by atoms with van der Waals surface area (Å²) in [7, 11) is 1.32. The van der Waals surface area contributed by atoms with Crippen LogP contribution in [0.4, 0.5) is 5.69 Å². The fourth-order valence-electron chi connectivity index (χ4n) is 2.41. The summed E-state index contributed by atoms with van der Waals surface area (Å²) in [6.07, 6.45) is 0. The van der Waals surface area contributed by atoms with Crippen molar-refractivity contribution in [3.8, 4) is 17.2 Å². The van der Waals surface area contributed by atoms with E-state index in [1.165, 1.54) is 7.11 Å². The Kier molecular flexibility index (Phi) is 6.25. The third kappa shape index (κ3) is 5.11. The van der Waals surface area contributed by atoms with Gasteiger partial charge in [0.1, 0.15) is 11.5 Å². The standard InChI is InChI=1S/C22H19NO5/c1-26-22(25)16-11-13-17(14-12-16)27-15-21(24)23-19-9-5-6-10-20(19)28-18-7-3-2-4-8-18/h2-14H,15H2,1H3,(H,23,24). The van der Waals surface area contributed by atoms with Crippen molar-refractivity contribution in [3.63, 3.8) is 0 Å². The van der Waals surface area contributed by atoms with Crippen LogP contribution in [0.1, 0.15) is 10.4 Å². The van der Waals surface area contributed by atoms with E-state index in [0.29, 0.717) is 28.5 Å². The molecule has 142 valence electrons. The first-order valence-electron chi connectivity index (χ1n) is 8.58.